The quantitative estimate of drug-likeness (QED) is 0.611. The highest BCUT2D eigenvalue weighted by Crippen LogP contribution is 2.50. The lowest BCUT2D eigenvalue weighted by Crippen LogP contribution is -2.58. The number of esters is 1. The van der Waals surface area contributed by atoms with Gasteiger partial charge in [-0.2, -0.15) is 0 Å². The Bertz CT molecular complexity index is 809. The van der Waals surface area contributed by atoms with Gasteiger partial charge in [0, 0.05) is 11.6 Å². The molecule has 3 aliphatic rings. The molecule has 9 nitrogen and oxygen atoms in total. The molecule has 3 aliphatic heterocycles. The van der Waals surface area contributed by atoms with E-state index in [9.17, 15) is 14.7 Å². The number of nitrogens with zero attached hydrogens (tertiary/aromatic N) is 1. The highest BCUT2D eigenvalue weighted by molar-refractivity contribution is 5.91. The number of aliphatic hydroxyl groups is 1. The molecule has 0 saturated carbocycles. The molecular formula is C19H21NO8. The highest BCUT2D eigenvalue weighted by Gasteiger charge is 2.50. The number of rotatable bonds is 4. The van der Waals surface area contributed by atoms with Crippen LogP contribution < -0.4 is 14.4 Å². The molecule has 4 rings (SSSR count). The summed E-state index contributed by atoms with van der Waals surface area (Å²) >= 11 is 0. The molecule has 28 heavy (non-hydrogen) atoms. The molecule has 1 N–H and O–H groups in total. The van der Waals surface area contributed by atoms with E-state index >= 15 is 0 Å². The van der Waals surface area contributed by atoms with E-state index in [1.807, 2.05) is 0 Å². The molecule has 0 spiro atoms. The van der Waals surface area contributed by atoms with E-state index in [1.165, 1.54) is 18.1 Å². The smallest absolute Gasteiger partial charge is 0.414 e. The third-order valence-corrected chi connectivity index (χ3v) is 5.11. The fraction of sp³-hybridized carbons (Fsp3) is 0.474. The van der Waals surface area contributed by atoms with Crippen molar-refractivity contribution in [3.63, 3.8) is 0 Å². The highest BCUT2D eigenvalue weighted by atomic mass is 16.7. The summed E-state index contributed by atoms with van der Waals surface area (Å²) in [5, 5.41) is 10.9. The van der Waals surface area contributed by atoms with Gasteiger partial charge in [-0.1, -0.05) is 12.7 Å². The molecule has 0 radical (unpaired) electrons. The molecule has 2 bridgehead atoms. The number of carbonyl (C=O) groups is 2. The largest absolute Gasteiger partial charge is 0.469 e. The lowest BCUT2D eigenvalue weighted by Gasteiger charge is -2.48. The van der Waals surface area contributed by atoms with Crippen LogP contribution in [0.25, 0.3) is 0 Å². The minimum absolute atomic E-state index is 0.0195. The summed E-state index contributed by atoms with van der Waals surface area (Å²) in [6, 6.07) is 2.75. The van der Waals surface area contributed by atoms with Crippen molar-refractivity contribution < 1.29 is 38.4 Å². The second-order valence-corrected chi connectivity index (χ2v) is 6.75. The number of ether oxygens (including phenoxy) is 5. The molecular weight excluding hydrogens is 370 g/mol. The Morgan fingerprint density at radius 3 is 2.82 bits per heavy atom. The van der Waals surface area contributed by atoms with Crippen LogP contribution in [0.4, 0.5) is 10.5 Å². The van der Waals surface area contributed by atoms with Crippen molar-refractivity contribution in [2.75, 3.05) is 25.4 Å². The molecule has 1 aromatic rings. The predicted molar refractivity (Wildman–Crippen MR) is 95.2 cm³/mol. The van der Waals surface area contributed by atoms with Crippen molar-refractivity contribution in [3.8, 4) is 11.5 Å². The van der Waals surface area contributed by atoms with Crippen LogP contribution in [0.15, 0.2) is 24.8 Å². The van der Waals surface area contributed by atoms with Gasteiger partial charge in [-0.3, -0.25) is 9.69 Å². The average molecular weight is 391 g/mol. The van der Waals surface area contributed by atoms with Gasteiger partial charge in [0.1, 0.15) is 18.8 Å². The van der Waals surface area contributed by atoms with Gasteiger partial charge in [-0.15, -0.1) is 0 Å². The zero-order chi connectivity index (χ0) is 19.8. The van der Waals surface area contributed by atoms with Gasteiger partial charge in [0.05, 0.1) is 31.4 Å². The number of carbonyl (C=O) groups excluding carboxylic acids is 2. The molecule has 0 aromatic heterocycles. The number of methoxy groups -OCH3 is 1. The summed E-state index contributed by atoms with van der Waals surface area (Å²) < 4.78 is 26.8. The third kappa shape index (κ3) is 3.06. The number of anilines is 1. The maximum Gasteiger partial charge on any atom is 0.414 e. The van der Waals surface area contributed by atoms with Crippen molar-refractivity contribution in [1.29, 1.82) is 0 Å². The number of aliphatic hydroxyl groups excluding tert-OH is 1. The number of benzene rings is 1. The summed E-state index contributed by atoms with van der Waals surface area (Å²) in [5.41, 5.74) is 1.09. The number of hydrogen-bond acceptors (Lipinski definition) is 8. The fourth-order valence-electron chi connectivity index (χ4n) is 3.87. The molecule has 0 aliphatic carbocycles. The van der Waals surface area contributed by atoms with E-state index in [4.69, 9.17) is 23.7 Å². The first-order valence-corrected chi connectivity index (χ1v) is 8.94. The van der Waals surface area contributed by atoms with Gasteiger partial charge < -0.3 is 28.8 Å². The molecule has 1 aromatic carbocycles. The van der Waals surface area contributed by atoms with Crippen LogP contribution in [0.5, 0.6) is 11.5 Å². The second-order valence-electron chi connectivity index (χ2n) is 6.75. The van der Waals surface area contributed by atoms with Crippen LogP contribution in [-0.2, 0) is 19.0 Å². The molecule has 0 unspecified atom stereocenters. The van der Waals surface area contributed by atoms with Crippen molar-refractivity contribution in [2.24, 2.45) is 0 Å². The van der Waals surface area contributed by atoms with E-state index in [0.29, 0.717) is 22.7 Å². The first-order chi connectivity index (χ1) is 13.5. The number of hydrogen-bond donors (Lipinski definition) is 1. The molecule has 3 heterocycles. The minimum atomic E-state index is -0.988. The Hall–Kier alpha value is -2.78. The van der Waals surface area contributed by atoms with Crippen molar-refractivity contribution in [1.82, 2.24) is 0 Å². The Balaban J connectivity index is 1.74. The van der Waals surface area contributed by atoms with Crippen molar-refractivity contribution in [3.05, 3.63) is 30.4 Å². The lowest BCUT2D eigenvalue weighted by molar-refractivity contribution is -0.158. The SMILES string of the molecule is C=CCOC(=O)N1c2cc3c(cc2[C@@H]2O[C@H](CC(=O)OC)C[C@H]1[C@@H]2O)OCO3. The van der Waals surface area contributed by atoms with Crippen LogP contribution in [-0.4, -0.2) is 55.9 Å². The van der Waals surface area contributed by atoms with E-state index in [-0.39, 0.29) is 26.2 Å². The molecule has 150 valence electrons. The maximum absolute atomic E-state index is 12.8. The number of amides is 1. The Labute approximate surface area is 161 Å². The summed E-state index contributed by atoms with van der Waals surface area (Å²) in [6.45, 7) is 3.65. The van der Waals surface area contributed by atoms with Gasteiger partial charge in [0.15, 0.2) is 11.5 Å². The molecule has 1 amide bonds. The molecule has 1 fully saturated rings. The molecule has 4 atom stereocenters. The zero-order valence-electron chi connectivity index (χ0n) is 15.3. The van der Waals surface area contributed by atoms with Crippen LogP contribution >= 0.6 is 0 Å². The molecule has 9 heteroatoms. The van der Waals surface area contributed by atoms with Gasteiger partial charge in [-0.25, -0.2) is 4.79 Å². The Morgan fingerprint density at radius 1 is 1.36 bits per heavy atom. The maximum atomic E-state index is 12.8. The lowest BCUT2D eigenvalue weighted by atomic mass is 9.84. The van der Waals surface area contributed by atoms with E-state index in [0.717, 1.165) is 0 Å². The normalized spacial score (nSPS) is 27.0. The van der Waals surface area contributed by atoms with Crippen LogP contribution in [0.1, 0.15) is 24.5 Å². The first kappa shape index (κ1) is 18.6. The van der Waals surface area contributed by atoms with Crippen molar-refractivity contribution in [2.45, 2.75) is 37.2 Å². The topological polar surface area (TPSA) is 104 Å². The fourth-order valence-corrected chi connectivity index (χ4v) is 3.87. The molecule has 1 saturated heterocycles. The van der Waals surface area contributed by atoms with Gasteiger partial charge in [0.25, 0.3) is 0 Å². The van der Waals surface area contributed by atoms with E-state index < -0.39 is 36.4 Å². The van der Waals surface area contributed by atoms with Crippen molar-refractivity contribution >= 4 is 17.7 Å². The summed E-state index contributed by atoms with van der Waals surface area (Å²) in [5.74, 6) is 0.578. The Morgan fingerprint density at radius 2 is 2.11 bits per heavy atom. The van der Waals surface area contributed by atoms with Crippen LogP contribution in [0.3, 0.4) is 0 Å². The van der Waals surface area contributed by atoms with E-state index in [1.54, 1.807) is 12.1 Å². The average Bonchev–Trinajstić information content (AvgIpc) is 3.14. The second kappa shape index (κ2) is 7.33. The van der Waals surface area contributed by atoms with Crippen LogP contribution in [0, 0.1) is 0 Å². The predicted octanol–water partition coefficient (Wildman–Crippen LogP) is 1.68. The summed E-state index contributed by atoms with van der Waals surface area (Å²) in [4.78, 5) is 25.9. The zero-order valence-corrected chi connectivity index (χ0v) is 15.3. The van der Waals surface area contributed by atoms with Gasteiger partial charge in [-0.05, 0) is 12.5 Å². The number of fused-ring (bicyclic) bond motifs is 5. The van der Waals surface area contributed by atoms with E-state index in [2.05, 4.69) is 6.58 Å². The first-order valence-electron chi connectivity index (χ1n) is 8.94. The standard InChI is InChI=1S/C19H21NO8/c1-3-4-25-19(23)20-12-8-15-14(26-9-27-15)7-11(12)18-17(22)13(20)5-10(28-18)6-16(21)24-2/h3,7-8,10,13,17-18,22H,1,4-6,9H2,2H3/t10-,13-,17-,18-/m0/s1. The van der Waals surface area contributed by atoms with Gasteiger partial charge >= 0.3 is 12.1 Å². The summed E-state index contributed by atoms with van der Waals surface area (Å²) in [6.07, 6.45) is -1.11. The third-order valence-electron chi connectivity index (χ3n) is 5.11. The van der Waals surface area contributed by atoms with Gasteiger partial charge in [0.2, 0.25) is 6.79 Å². The summed E-state index contributed by atoms with van der Waals surface area (Å²) in [7, 11) is 1.30. The van der Waals surface area contributed by atoms with Crippen LogP contribution in [0.2, 0.25) is 0 Å². The monoisotopic (exact) mass is 391 g/mol. The Kier molecular flexibility index (Phi) is 4.86. The minimum Gasteiger partial charge on any atom is -0.469 e.